The Morgan fingerprint density at radius 3 is 2.37 bits per heavy atom. The summed E-state index contributed by atoms with van der Waals surface area (Å²) in [4.78, 5) is 37.2. The van der Waals surface area contributed by atoms with E-state index in [1.807, 2.05) is 7.11 Å². The number of hydrogen-bond acceptors (Lipinski definition) is 9. The van der Waals surface area contributed by atoms with Gasteiger partial charge in [0.25, 0.3) is 0 Å². The van der Waals surface area contributed by atoms with Crippen LogP contribution in [0.2, 0.25) is 0 Å². The zero-order valence-corrected chi connectivity index (χ0v) is 35.2. The van der Waals surface area contributed by atoms with Gasteiger partial charge in [-0.1, -0.05) is 41.0 Å². The van der Waals surface area contributed by atoms with Crippen molar-refractivity contribution in [2.45, 2.75) is 155 Å². The van der Waals surface area contributed by atoms with Crippen molar-refractivity contribution in [1.29, 1.82) is 0 Å². The van der Waals surface area contributed by atoms with Crippen molar-refractivity contribution in [1.82, 2.24) is 20.6 Å². The minimum absolute atomic E-state index is 0.0371. The second-order valence-corrected chi connectivity index (χ2v) is 20.0. The van der Waals surface area contributed by atoms with Crippen molar-refractivity contribution in [2.75, 3.05) is 41.0 Å². The van der Waals surface area contributed by atoms with Crippen LogP contribution >= 0.6 is 0 Å². The molecular weight excluding hydrogens is 684 g/mol. The van der Waals surface area contributed by atoms with E-state index in [0.717, 1.165) is 51.4 Å². The Hall–Kier alpha value is -1.34. The van der Waals surface area contributed by atoms with Crippen LogP contribution in [0.25, 0.3) is 0 Å². The van der Waals surface area contributed by atoms with E-state index in [9.17, 15) is 19.8 Å². The molecule has 2 saturated heterocycles. The molecule has 11 nitrogen and oxygen atoms in total. The van der Waals surface area contributed by atoms with E-state index in [1.165, 1.54) is 6.42 Å². The van der Waals surface area contributed by atoms with Crippen LogP contribution in [0.1, 0.15) is 106 Å². The van der Waals surface area contributed by atoms with E-state index in [1.54, 1.807) is 12.0 Å². The molecule has 54 heavy (non-hydrogen) atoms. The Kier molecular flexibility index (Phi) is 13.5. The number of aliphatic hydroxyl groups is 2. The monoisotopic (exact) mass is 761 g/mol. The maximum Gasteiger partial charge on any atom is 0.240 e. The lowest BCUT2D eigenvalue weighted by molar-refractivity contribution is -0.193. The molecule has 0 aromatic carbocycles. The lowest BCUT2D eigenvalue weighted by Crippen LogP contribution is -2.62. The lowest BCUT2D eigenvalue weighted by atomic mass is 9.45. The molecule has 0 radical (unpaired) electrons. The first-order valence-electron chi connectivity index (χ1n) is 21.7. The average molecular weight is 761 g/mol. The number of likely N-dealkylation sites (N-methyl/N-ethyl adjacent to an activating group) is 1. The van der Waals surface area contributed by atoms with E-state index in [0.29, 0.717) is 54.1 Å². The van der Waals surface area contributed by atoms with Crippen molar-refractivity contribution < 1.29 is 34.1 Å². The fourth-order valence-corrected chi connectivity index (χ4v) is 12.5. The Morgan fingerprint density at radius 1 is 1.02 bits per heavy atom. The predicted octanol–water partition coefficient (Wildman–Crippen LogP) is 4.49. The molecule has 11 heteroatoms. The topological polar surface area (TPSA) is 133 Å². The van der Waals surface area contributed by atoms with E-state index in [4.69, 9.17) is 14.3 Å². The van der Waals surface area contributed by atoms with E-state index in [2.05, 4.69) is 71.2 Å². The quantitative estimate of drug-likeness (QED) is 0.202. The first-order valence-corrected chi connectivity index (χ1v) is 21.7. The second-order valence-electron chi connectivity index (χ2n) is 20.0. The number of fused-ring (bicyclic) bond motifs is 3. The van der Waals surface area contributed by atoms with Gasteiger partial charge in [0.2, 0.25) is 11.8 Å². The molecule has 5 aliphatic carbocycles. The molecule has 2 amide bonds. The zero-order valence-electron chi connectivity index (χ0n) is 35.2. The highest BCUT2D eigenvalue weighted by molar-refractivity contribution is 5.83. The summed E-state index contributed by atoms with van der Waals surface area (Å²) in [6, 6.07) is -0.331. The summed E-state index contributed by atoms with van der Waals surface area (Å²) in [7, 11) is 5.97. The number of aliphatic hydroxyl groups excluding tert-OH is 2. The molecule has 7 fully saturated rings. The molecule has 2 aliphatic heterocycles. The average Bonchev–Trinajstić information content (AvgIpc) is 3.75. The summed E-state index contributed by atoms with van der Waals surface area (Å²) < 4.78 is 12.7. The molecule has 0 spiro atoms. The Bertz CT molecular complexity index is 1280. The van der Waals surface area contributed by atoms with Crippen LogP contribution < -0.4 is 10.6 Å². The molecule has 0 aromatic rings. The highest BCUT2D eigenvalue weighted by Crippen LogP contribution is 2.61. The zero-order chi connectivity index (χ0) is 39.2. The first-order chi connectivity index (χ1) is 25.6. The Labute approximate surface area is 326 Å². The van der Waals surface area contributed by atoms with Crippen molar-refractivity contribution >= 4 is 11.8 Å². The Balaban J connectivity index is 1.17. The van der Waals surface area contributed by atoms with Crippen LogP contribution in [0.15, 0.2) is 0 Å². The number of carbonyl (C=O) groups excluding carboxylic acids is 2. The van der Waals surface area contributed by atoms with Crippen molar-refractivity contribution in [2.24, 2.45) is 64.6 Å². The molecular formula is C43H76N4O7. The standard InChI is InChI=1S/C43H76N4O7/c1-23(2)16-35(25(4)46(8)9)45-41(50)32-18-29(17-27-14-15-53-40(27)32)31-13-11-12-28(39(31)52-10)21-47-38(37(26(5)49)36(22-48)54-47)42(51)44-34-20-30-19-33(24(34)3)43(30,6)7/h23-40,48-49H,11-22H2,1-10H3,(H,44,51)(H,45,50)/t24-,25?,26-,27?,28?,29?,30+,31?,32?,33-,34+,35-,36-,37+,38-,39?,40?/m0/s1. The minimum atomic E-state index is -0.830. The van der Waals surface area contributed by atoms with Crippen LogP contribution in [0.3, 0.4) is 0 Å². The van der Waals surface area contributed by atoms with Gasteiger partial charge in [-0.3, -0.25) is 14.4 Å². The fourth-order valence-electron chi connectivity index (χ4n) is 12.5. The summed E-state index contributed by atoms with van der Waals surface area (Å²) in [5.41, 5.74) is 0.314. The fraction of sp³-hybridized carbons (Fsp3) is 0.953. The maximum atomic E-state index is 14.3. The van der Waals surface area contributed by atoms with Crippen LogP contribution in [0.5, 0.6) is 0 Å². The summed E-state index contributed by atoms with van der Waals surface area (Å²) in [5, 5.41) is 30.2. The van der Waals surface area contributed by atoms with Gasteiger partial charge in [0.1, 0.15) is 12.1 Å². The molecule has 4 N–H and O–H groups in total. The number of nitrogens with one attached hydrogen (secondary N) is 2. The largest absolute Gasteiger partial charge is 0.394 e. The van der Waals surface area contributed by atoms with Gasteiger partial charge in [0.05, 0.1) is 30.8 Å². The van der Waals surface area contributed by atoms with E-state index in [-0.39, 0.29) is 66.5 Å². The van der Waals surface area contributed by atoms with Crippen LogP contribution in [-0.4, -0.2) is 122 Å². The normalized spacial score (nSPS) is 42.3. The highest BCUT2D eigenvalue weighted by Gasteiger charge is 2.58. The maximum absolute atomic E-state index is 14.3. The van der Waals surface area contributed by atoms with Gasteiger partial charge in [0, 0.05) is 50.2 Å². The van der Waals surface area contributed by atoms with Crippen molar-refractivity contribution in [3.8, 4) is 0 Å². The van der Waals surface area contributed by atoms with Gasteiger partial charge in [-0.2, -0.15) is 5.06 Å². The van der Waals surface area contributed by atoms with Crippen molar-refractivity contribution in [3.05, 3.63) is 0 Å². The number of amides is 2. The number of hydroxylamine groups is 2. The van der Waals surface area contributed by atoms with E-state index >= 15 is 0 Å². The Morgan fingerprint density at radius 2 is 1.76 bits per heavy atom. The number of hydrogen-bond donors (Lipinski definition) is 4. The summed E-state index contributed by atoms with van der Waals surface area (Å²) in [5.74, 6) is 2.38. The van der Waals surface area contributed by atoms with Gasteiger partial charge >= 0.3 is 0 Å². The number of ether oxygens (including phenoxy) is 2. The third-order valence-corrected chi connectivity index (χ3v) is 16.0. The smallest absolute Gasteiger partial charge is 0.240 e. The molecule has 17 atom stereocenters. The van der Waals surface area contributed by atoms with Crippen LogP contribution in [0, 0.1) is 64.6 Å². The molecule has 7 aliphatic rings. The summed E-state index contributed by atoms with van der Waals surface area (Å²) >= 11 is 0. The van der Waals surface area contributed by atoms with Crippen molar-refractivity contribution in [3.63, 3.8) is 0 Å². The molecule has 7 rings (SSSR count). The number of methoxy groups -OCH3 is 1. The molecule has 5 saturated carbocycles. The number of carbonyl (C=O) groups is 2. The third-order valence-electron chi connectivity index (χ3n) is 16.0. The highest BCUT2D eigenvalue weighted by atomic mass is 16.7. The van der Waals surface area contributed by atoms with Crippen LogP contribution in [0.4, 0.5) is 0 Å². The van der Waals surface area contributed by atoms with Gasteiger partial charge < -0.3 is 35.2 Å². The number of nitrogens with zero attached hydrogens (tertiary/aromatic N) is 2. The molecule has 2 heterocycles. The molecule has 0 aromatic heterocycles. The first kappa shape index (κ1) is 42.3. The molecule has 8 unspecified atom stereocenters. The molecule has 2 bridgehead atoms. The third kappa shape index (κ3) is 8.30. The van der Waals surface area contributed by atoms with Gasteiger partial charge in [-0.25, -0.2) is 0 Å². The SMILES string of the molecule is COC1C(CN2O[C@@H](CO)[C@@H]([C@H](C)O)[C@H]2C(=O)N[C@@H]2C[C@H]3C[C@@H]([C@@H]2C)C3(C)C)CCCC1C1CC2CCOC2C(C(=O)N[C@@H](CC(C)C)C(C)N(C)C)C1. The summed E-state index contributed by atoms with van der Waals surface area (Å²) in [6.07, 6.45) is 7.37. The van der Waals surface area contributed by atoms with E-state index < -0.39 is 24.2 Å². The minimum Gasteiger partial charge on any atom is -0.394 e. The predicted molar refractivity (Wildman–Crippen MR) is 209 cm³/mol. The van der Waals surface area contributed by atoms with Gasteiger partial charge in [0.15, 0.2) is 0 Å². The van der Waals surface area contributed by atoms with Crippen LogP contribution in [-0.2, 0) is 23.9 Å². The lowest BCUT2D eigenvalue weighted by Gasteiger charge is -2.62. The molecule has 310 valence electrons. The summed E-state index contributed by atoms with van der Waals surface area (Å²) in [6.45, 7) is 16.3. The van der Waals surface area contributed by atoms with Gasteiger partial charge in [-0.15, -0.1) is 0 Å². The number of rotatable bonds is 14. The second kappa shape index (κ2) is 17.3. The van der Waals surface area contributed by atoms with Gasteiger partial charge in [-0.05, 0) is 126 Å².